The van der Waals surface area contributed by atoms with E-state index in [2.05, 4.69) is 5.32 Å². The van der Waals surface area contributed by atoms with E-state index in [0.717, 1.165) is 37.8 Å². The van der Waals surface area contributed by atoms with Gasteiger partial charge in [0.2, 0.25) is 5.91 Å². The molecule has 0 spiro atoms. The Bertz CT molecular complexity index is 481. The van der Waals surface area contributed by atoms with E-state index in [4.69, 9.17) is 16.3 Å². The molecule has 1 fully saturated rings. The summed E-state index contributed by atoms with van der Waals surface area (Å²) in [5.74, 6) is 0.756. The number of rotatable bonds is 5. The molecule has 0 unspecified atom stereocenters. The number of anilines is 1. The molecule has 0 atom stereocenters. The first-order valence-corrected chi connectivity index (χ1v) is 7.67. The third-order valence-corrected chi connectivity index (χ3v) is 4.20. The fourth-order valence-corrected chi connectivity index (χ4v) is 2.81. The van der Waals surface area contributed by atoms with Crippen molar-refractivity contribution < 1.29 is 9.53 Å². The zero-order valence-electron chi connectivity index (χ0n) is 12.2. The number of hydrogen-bond acceptors (Lipinski definition) is 2. The van der Waals surface area contributed by atoms with Gasteiger partial charge in [0.25, 0.3) is 0 Å². The molecule has 0 radical (unpaired) electrons. The molecule has 1 N–H and O–H groups in total. The molecule has 1 aromatic rings. The van der Waals surface area contributed by atoms with Crippen LogP contribution in [0.4, 0.5) is 5.69 Å². The lowest BCUT2D eigenvalue weighted by atomic mass is 9.88. The van der Waals surface area contributed by atoms with Crippen molar-refractivity contribution >= 4 is 23.2 Å². The van der Waals surface area contributed by atoms with Gasteiger partial charge >= 0.3 is 0 Å². The summed E-state index contributed by atoms with van der Waals surface area (Å²) in [6.45, 7) is 4.73. The van der Waals surface area contributed by atoms with Crippen LogP contribution >= 0.6 is 11.6 Å². The molecule has 3 nitrogen and oxygen atoms in total. The SMILES string of the molecule is CCCOc1ccc(NC(=O)C2(C)CCCC2)cc1Cl. The molecule has 0 aliphatic heterocycles. The molecule has 1 aromatic carbocycles. The lowest BCUT2D eigenvalue weighted by Crippen LogP contribution is -2.30. The van der Waals surface area contributed by atoms with Crippen molar-refractivity contribution in [3.8, 4) is 5.75 Å². The van der Waals surface area contributed by atoms with Crippen LogP contribution in [0.15, 0.2) is 18.2 Å². The molecule has 0 aromatic heterocycles. The van der Waals surface area contributed by atoms with Crippen LogP contribution in [0.5, 0.6) is 5.75 Å². The van der Waals surface area contributed by atoms with E-state index in [9.17, 15) is 4.79 Å². The predicted molar refractivity (Wildman–Crippen MR) is 82.4 cm³/mol. The van der Waals surface area contributed by atoms with E-state index in [1.165, 1.54) is 0 Å². The Morgan fingerprint density at radius 3 is 2.70 bits per heavy atom. The summed E-state index contributed by atoms with van der Waals surface area (Å²) in [6.07, 6.45) is 5.13. The Hall–Kier alpha value is -1.22. The summed E-state index contributed by atoms with van der Waals surface area (Å²) >= 11 is 6.17. The minimum atomic E-state index is -0.232. The van der Waals surface area contributed by atoms with Crippen molar-refractivity contribution in [3.05, 3.63) is 23.2 Å². The molecule has 1 aliphatic rings. The average molecular weight is 296 g/mol. The van der Waals surface area contributed by atoms with Crippen molar-refractivity contribution in [2.24, 2.45) is 5.41 Å². The third kappa shape index (κ3) is 3.45. The molecular formula is C16H22ClNO2. The highest BCUT2D eigenvalue weighted by Crippen LogP contribution is 2.38. The molecule has 1 amide bonds. The standard InChI is InChI=1S/C16H22ClNO2/c1-3-10-20-14-7-6-12(11-13(14)17)18-15(19)16(2)8-4-5-9-16/h6-7,11H,3-5,8-10H2,1-2H3,(H,18,19). The van der Waals surface area contributed by atoms with Crippen molar-refractivity contribution in [2.45, 2.75) is 46.0 Å². The van der Waals surface area contributed by atoms with Crippen molar-refractivity contribution in [1.29, 1.82) is 0 Å². The first kappa shape index (κ1) is 15.2. The first-order chi connectivity index (χ1) is 9.55. The van der Waals surface area contributed by atoms with Gasteiger partial charge in [-0.1, -0.05) is 38.3 Å². The van der Waals surface area contributed by atoms with Crippen molar-refractivity contribution in [3.63, 3.8) is 0 Å². The number of ether oxygens (including phenoxy) is 1. The Morgan fingerprint density at radius 2 is 2.10 bits per heavy atom. The van der Waals surface area contributed by atoms with Crippen LogP contribution in [0.3, 0.4) is 0 Å². The van der Waals surface area contributed by atoms with Crippen LogP contribution in [0.25, 0.3) is 0 Å². The van der Waals surface area contributed by atoms with Crippen LogP contribution in [0.2, 0.25) is 5.02 Å². The van der Waals surface area contributed by atoms with E-state index >= 15 is 0 Å². The van der Waals surface area contributed by atoms with Crippen LogP contribution in [-0.2, 0) is 4.79 Å². The number of carbonyl (C=O) groups excluding carboxylic acids is 1. The quantitative estimate of drug-likeness (QED) is 0.859. The van der Waals surface area contributed by atoms with E-state index in [0.29, 0.717) is 17.4 Å². The zero-order valence-corrected chi connectivity index (χ0v) is 12.9. The fourth-order valence-electron chi connectivity index (χ4n) is 2.57. The van der Waals surface area contributed by atoms with E-state index in [-0.39, 0.29) is 11.3 Å². The van der Waals surface area contributed by atoms with Crippen molar-refractivity contribution in [1.82, 2.24) is 0 Å². The van der Waals surface area contributed by atoms with Gasteiger partial charge < -0.3 is 10.1 Å². The summed E-state index contributed by atoms with van der Waals surface area (Å²) in [5, 5.41) is 3.50. The van der Waals surface area contributed by atoms with Crippen molar-refractivity contribution in [2.75, 3.05) is 11.9 Å². The highest BCUT2D eigenvalue weighted by atomic mass is 35.5. The van der Waals surface area contributed by atoms with E-state index in [1.807, 2.05) is 26.0 Å². The van der Waals surface area contributed by atoms with Gasteiger partial charge in [0.1, 0.15) is 5.75 Å². The van der Waals surface area contributed by atoms with Crippen LogP contribution in [-0.4, -0.2) is 12.5 Å². The van der Waals surface area contributed by atoms with Gasteiger partial charge in [-0.15, -0.1) is 0 Å². The number of nitrogens with one attached hydrogen (secondary N) is 1. The maximum atomic E-state index is 12.3. The largest absolute Gasteiger partial charge is 0.492 e. The molecule has 1 saturated carbocycles. The Morgan fingerprint density at radius 1 is 1.40 bits per heavy atom. The molecular weight excluding hydrogens is 274 g/mol. The average Bonchev–Trinajstić information content (AvgIpc) is 2.86. The smallest absolute Gasteiger partial charge is 0.230 e. The second kappa shape index (κ2) is 6.49. The topological polar surface area (TPSA) is 38.3 Å². The lowest BCUT2D eigenvalue weighted by molar-refractivity contribution is -0.124. The molecule has 110 valence electrons. The Kier molecular flexibility index (Phi) is 4.92. The summed E-state index contributed by atoms with van der Waals surface area (Å²) in [7, 11) is 0. The minimum absolute atomic E-state index is 0.0910. The fraction of sp³-hybridized carbons (Fsp3) is 0.562. The van der Waals surface area contributed by atoms with Gasteiger partial charge in [0.05, 0.1) is 11.6 Å². The first-order valence-electron chi connectivity index (χ1n) is 7.29. The van der Waals surface area contributed by atoms with Gasteiger partial charge in [0.15, 0.2) is 0 Å². The van der Waals surface area contributed by atoms with Gasteiger partial charge in [0, 0.05) is 11.1 Å². The molecule has 1 aliphatic carbocycles. The predicted octanol–water partition coefficient (Wildman–Crippen LogP) is 4.65. The second-order valence-corrected chi connectivity index (χ2v) is 6.12. The highest BCUT2D eigenvalue weighted by molar-refractivity contribution is 6.32. The minimum Gasteiger partial charge on any atom is -0.492 e. The highest BCUT2D eigenvalue weighted by Gasteiger charge is 2.36. The lowest BCUT2D eigenvalue weighted by Gasteiger charge is -2.22. The van der Waals surface area contributed by atoms with E-state index < -0.39 is 0 Å². The summed E-state index contributed by atoms with van der Waals surface area (Å²) in [4.78, 5) is 12.3. The molecule has 0 heterocycles. The third-order valence-electron chi connectivity index (χ3n) is 3.91. The van der Waals surface area contributed by atoms with Crippen LogP contribution < -0.4 is 10.1 Å². The van der Waals surface area contributed by atoms with Gasteiger partial charge in [-0.25, -0.2) is 0 Å². The number of hydrogen-bond donors (Lipinski definition) is 1. The molecule has 2 rings (SSSR count). The maximum Gasteiger partial charge on any atom is 0.230 e. The summed E-state index contributed by atoms with van der Waals surface area (Å²) in [6, 6.07) is 5.40. The Labute approximate surface area is 125 Å². The van der Waals surface area contributed by atoms with Gasteiger partial charge in [-0.05, 0) is 37.5 Å². The normalized spacial score (nSPS) is 16.9. The Balaban J connectivity index is 2.03. The number of halogens is 1. The maximum absolute atomic E-state index is 12.3. The molecule has 20 heavy (non-hydrogen) atoms. The molecule has 0 bridgehead atoms. The number of carbonyl (C=O) groups is 1. The summed E-state index contributed by atoms with van der Waals surface area (Å²) in [5.41, 5.74) is 0.501. The molecule has 4 heteroatoms. The molecule has 0 saturated heterocycles. The van der Waals surface area contributed by atoms with Gasteiger partial charge in [-0.3, -0.25) is 4.79 Å². The zero-order chi connectivity index (χ0) is 14.6. The van der Waals surface area contributed by atoms with Crippen LogP contribution in [0, 0.1) is 5.41 Å². The summed E-state index contributed by atoms with van der Waals surface area (Å²) < 4.78 is 5.52. The van der Waals surface area contributed by atoms with E-state index in [1.54, 1.807) is 6.07 Å². The van der Waals surface area contributed by atoms with Crippen LogP contribution in [0.1, 0.15) is 46.0 Å². The monoisotopic (exact) mass is 295 g/mol. The number of amides is 1. The second-order valence-electron chi connectivity index (χ2n) is 5.72. The number of benzene rings is 1. The van der Waals surface area contributed by atoms with Gasteiger partial charge in [-0.2, -0.15) is 0 Å².